The molecule has 0 radical (unpaired) electrons. The summed E-state index contributed by atoms with van der Waals surface area (Å²) in [5.41, 5.74) is 2.87. The maximum atomic E-state index is 3.61. The Morgan fingerprint density at radius 3 is 2.00 bits per heavy atom. The Morgan fingerprint density at radius 1 is 1.00 bits per heavy atom. The molecule has 0 amide bonds. The fourth-order valence-corrected chi connectivity index (χ4v) is 2.49. The molecule has 1 aromatic carbocycles. The van der Waals surface area contributed by atoms with Gasteiger partial charge in [-0.05, 0) is 35.9 Å². The van der Waals surface area contributed by atoms with Gasteiger partial charge in [0.25, 0.3) is 0 Å². The van der Waals surface area contributed by atoms with E-state index in [1.165, 1.54) is 11.1 Å². The Morgan fingerprint density at radius 2 is 1.59 bits per heavy atom. The van der Waals surface area contributed by atoms with E-state index in [9.17, 15) is 0 Å². The third kappa shape index (κ3) is 3.85. The lowest BCUT2D eigenvalue weighted by Gasteiger charge is -2.28. The summed E-state index contributed by atoms with van der Waals surface area (Å²) in [7, 11) is 0. The molecule has 0 saturated heterocycles. The number of hydrogen-bond acceptors (Lipinski definition) is 1. The lowest BCUT2D eigenvalue weighted by molar-refractivity contribution is 0.360. The van der Waals surface area contributed by atoms with Gasteiger partial charge in [0.05, 0.1) is 0 Å². The van der Waals surface area contributed by atoms with Crippen molar-refractivity contribution in [3.63, 3.8) is 0 Å². The predicted octanol–water partition coefficient (Wildman–Crippen LogP) is 3.99. The van der Waals surface area contributed by atoms with E-state index in [4.69, 9.17) is 0 Å². The summed E-state index contributed by atoms with van der Waals surface area (Å²) in [5.74, 6) is 1.23. The van der Waals surface area contributed by atoms with Gasteiger partial charge in [0.2, 0.25) is 0 Å². The molecule has 1 N–H and O–H groups in total. The van der Waals surface area contributed by atoms with Crippen molar-refractivity contribution in [2.45, 2.75) is 53.0 Å². The van der Waals surface area contributed by atoms with E-state index >= 15 is 0 Å². The van der Waals surface area contributed by atoms with Crippen molar-refractivity contribution >= 4 is 0 Å². The first kappa shape index (κ1) is 14.2. The Balaban J connectivity index is 2.81. The van der Waals surface area contributed by atoms with Crippen LogP contribution < -0.4 is 5.32 Å². The molecule has 0 fully saturated rings. The monoisotopic (exact) mass is 233 g/mol. The van der Waals surface area contributed by atoms with Crippen LogP contribution in [0.4, 0.5) is 0 Å². The zero-order valence-electron chi connectivity index (χ0n) is 12.0. The van der Waals surface area contributed by atoms with Crippen LogP contribution in [0.25, 0.3) is 0 Å². The Labute approximate surface area is 107 Å². The third-order valence-corrected chi connectivity index (χ3v) is 3.61. The molecule has 0 aliphatic carbocycles. The topological polar surface area (TPSA) is 12.0 Å². The number of aryl methyl sites for hydroxylation is 1. The van der Waals surface area contributed by atoms with Crippen molar-refractivity contribution in [1.29, 1.82) is 0 Å². The molecule has 1 nitrogen and oxygen atoms in total. The average Bonchev–Trinajstić information content (AvgIpc) is 2.35. The van der Waals surface area contributed by atoms with Gasteiger partial charge in [-0.3, -0.25) is 0 Å². The quantitative estimate of drug-likeness (QED) is 0.783. The molecule has 0 heterocycles. The molecule has 0 aliphatic rings. The minimum atomic E-state index is 0.562. The van der Waals surface area contributed by atoms with E-state index < -0.39 is 0 Å². The summed E-state index contributed by atoms with van der Waals surface area (Å²) in [6.45, 7) is 12.3. The van der Waals surface area contributed by atoms with Crippen molar-refractivity contribution in [2.24, 2.45) is 5.92 Å². The zero-order valence-corrected chi connectivity index (χ0v) is 12.0. The Bertz CT molecular complexity index is 313. The Hall–Kier alpha value is -0.820. The van der Waals surface area contributed by atoms with Gasteiger partial charge in [0.1, 0.15) is 0 Å². The van der Waals surface area contributed by atoms with E-state index in [0.717, 1.165) is 13.0 Å². The molecule has 0 aromatic heterocycles. The van der Waals surface area contributed by atoms with Gasteiger partial charge in [-0.15, -0.1) is 0 Å². The fraction of sp³-hybridized carbons (Fsp3) is 0.625. The molecule has 1 rings (SSSR count). The molecule has 17 heavy (non-hydrogen) atoms. The van der Waals surface area contributed by atoms with Gasteiger partial charge >= 0.3 is 0 Å². The van der Waals surface area contributed by atoms with Crippen LogP contribution in [0.3, 0.4) is 0 Å². The number of hydrogen-bond donors (Lipinski definition) is 1. The number of rotatable bonds is 6. The summed E-state index contributed by atoms with van der Waals surface area (Å²) in [4.78, 5) is 0. The molecule has 0 spiro atoms. The predicted molar refractivity (Wildman–Crippen MR) is 76.5 cm³/mol. The summed E-state index contributed by atoms with van der Waals surface area (Å²) < 4.78 is 0. The highest BCUT2D eigenvalue weighted by molar-refractivity contribution is 5.26. The second kappa shape index (κ2) is 6.80. The largest absolute Gasteiger partial charge is 0.313 e. The number of nitrogens with one attached hydrogen (secondary N) is 1. The molecular weight excluding hydrogens is 206 g/mol. The lowest BCUT2D eigenvalue weighted by Crippen LogP contribution is -2.38. The number of likely N-dealkylation sites (N-methyl/N-ethyl adjacent to an activating group) is 1. The van der Waals surface area contributed by atoms with Crippen LogP contribution in [0.5, 0.6) is 0 Å². The molecule has 0 saturated carbocycles. The third-order valence-electron chi connectivity index (χ3n) is 3.61. The van der Waals surface area contributed by atoms with E-state index in [1.807, 2.05) is 0 Å². The summed E-state index contributed by atoms with van der Waals surface area (Å²) in [6.07, 6.45) is 1.12. The van der Waals surface area contributed by atoms with Crippen LogP contribution >= 0.6 is 0 Å². The maximum absolute atomic E-state index is 3.61. The number of benzene rings is 1. The van der Waals surface area contributed by atoms with Crippen molar-refractivity contribution in [3.8, 4) is 0 Å². The van der Waals surface area contributed by atoms with Gasteiger partial charge in [-0.2, -0.15) is 0 Å². The first-order valence-corrected chi connectivity index (χ1v) is 6.92. The first-order chi connectivity index (χ1) is 8.10. The van der Waals surface area contributed by atoms with Gasteiger partial charge in [-0.25, -0.2) is 0 Å². The van der Waals surface area contributed by atoms with Crippen LogP contribution in [0, 0.1) is 5.92 Å². The summed E-state index contributed by atoms with van der Waals surface area (Å²) in [5, 5.41) is 3.61. The van der Waals surface area contributed by atoms with Crippen molar-refractivity contribution in [2.75, 3.05) is 6.54 Å². The lowest BCUT2D eigenvalue weighted by atomic mass is 9.86. The normalized spacial score (nSPS) is 14.9. The standard InChI is InChI=1S/C16H27N/c1-6-14-8-10-15(11-9-14)13(5)16(12(3)4)17-7-2/h8-13,16-17H,6-7H2,1-5H3. The van der Waals surface area contributed by atoms with E-state index in [2.05, 4.69) is 64.2 Å². The summed E-state index contributed by atoms with van der Waals surface area (Å²) in [6, 6.07) is 9.66. The van der Waals surface area contributed by atoms with Gasteiger partial charge < -0.3 is 5.32 Å². The highest BCUT2D eigenvalue weighted by Gasteiger charge is 2.20. The maximum Gasteiger partial charge on any atom is 0.0156 e. The van der Waals surface area contributed by atoms with E-state index in [1.54, 1.807) is 0 Å². The second-order valence-corrected chi connectivity index (χ2v) is 5.21. The van der Waals surface area contributed by atoms with Crippen LogP contribution in [0.15, 0.2) is 24.3 Å². The smallest absolute Gasteiger partial charge is 0.0156 e. The van der Waals surface area contributed by atoms with Gasteiger partial charge in [-0.1, -0.05) is 58.9 Å². The highest BCUT2D eigenvalue weighted by atomic mass is 14.9. The van der Waals surface area contributed by atoms with E-state index in [-0.39, 0.29) is 0 Å². The molecule has 0 aliphatic heterocycles. The van der Waals surface area contributed by atoms with Crippen molar-refractivity contribution < 1.29 is 0 Å². The average molecular weight is 233 g/mol. The van der Waals surface area contributed by atoms with Crippen molar-refractivity contribution in [1.82, 2.24) is 5.32 Å². The highest BCUT2D eigenvalue weighted by Crippen LogP contribution is 2.24. The van der Waals surface area contributed by atoms with Crippen LogP contribution in [-0.2, 0) is 6.42 Å². The van der Waals surface area contributed by atoms with Crippen LogP contribution in [0.2, 0.25) is 0 Å². The molecule has 1 aromatic rings. The molecular formula is C16H27N. The minimum Gasteiger partial charge on any atom is -0.313 e. The first-order valence-electron chi connectivity index (χ1n) is 6.92. The SMILES string of the molecule is CCNC(C(C)C)C(C)c1ccc(CC)cc1. The minimum absolute atomic E-state index is 0.562. The second-order valence-electron chi connectivity index (χ2n) is 5.21. The fourth-order valence-electron chi connectivity index (χ4n) is 2.49. The molecule has 1 heteroatoms. The molecule has 2 atom stereocenters. The van der Waals surface area contributed by atoms with Gasteiger partial charge in [0.15, 0.2) is 0 Å². The summed E-state index contributed by atoms with van der Waals surface area (Å²) >= 11 is 0. The zero-order chi connectivity index (χ0) is 12.8. The van der Waals surface area contributed by atoms with Crippen LogP contribution in [-0.4, -0.2) is 12.6 Å². The van der Waals surface area contributed by atoms with Gasteiger partial charge in [0, 0.05) is 6.04 Å². The molecule has 96 valence electrons. The molecule has 2 unspecified atom stereocenters. The van der Waals surface area contributed by atoms with Crippen LogP contribution in [0.1, 0.15) is 51.7 Å². The van der Waals surface area contributed by atoms with E-state index in [0.29, 0.717) is 17.9 Å². The molecule has 0 bridgehead atoms. The van der Waals surface area contributed by atoms with Crippen molar-refractivity contribution in [3.05, 3.63) is 35.4 Å². The Kier molecular flexibility index (Phi) is 5.70.